The molecule has 0 aliphatic rings. The second-order valence-corrected chi connectivity index (χ2v) is 6.25. The zero-order chi connectivity index (χ0) is 20.5. The molecular weight excluding hydrogens is 356 g/mol. The summed E-state index contributed by atoms with van der Waals surface area (Å²) in [5, 5.41) is 17.8. The first-order valence-electron chi connectivity index (χ1n) is 9.18. The lowest BCUT2D eigenvalue weighted by molar-refractivity contribution is 0.0985. The Morgan fingerprint density at radius 1 is 1.14 bits per heavy atom. The molecular formula is C21H26N4O3. The molecule has 7 heteroatoms. The van der Waals surface area contributed by atoms with Gasteiger partial charge in [-0.1, -0.05) is 26.3 Å². The summed E-state index contributed by atoms with van der Waals surface area (Å²) in [5.74, 6) is 0.574. The number of carbonyl (C=O) groups excluding carboxylic acids is 1. The molecule has 5 N–H and O–H groups in total. The number of ketones is 1. The van der Waals surface area contributed by atoms with Crippen LogP contribution in [0.5, 0.6) is 11.5 Å². The second kappa shape index (κ2) is 10.1. The Bertz CT molecular complexity index is 870. The molecule has 2 aromatic rings. The van der Waals surface area contributed by atoms with Crippen molar-refractivity contribution < 1.29 is 14.6 Å². The van der Waals surface area contributed by atoms with Crippen LogP contribution in [0.15, 0.2) is 46.6 Å². The SMILES string of the molecule is CCCc1c(COc2ccc(/C=N\N=C(N)N)cc2)ccc(C(=O)CC)c1O. The van der Waals surface area contributed by atoms with E-state index in [4.69, 9.17) is 16.2 Å². The lowest BCUT2D eigenvalue weighted by Crippen LogP contribution is -2.21. The van der Waals surface area contributed by atoms with Crippen molar-refractivity contribution in [2.24, 2.45) is 21.7 Å². The van der Waals surface area contributed by atoms with Crippen LogP contribution in [0, 0.1) is 0 Å². The zero-order valence-electron chi connectivity index (χ0n) is 16.2. The molecule has 2 aromatic carbocycles. The third-order valence-corrected chi connectivity index (χ3v) is 4.16. The predicted octanol–water partition coefficient (Wildman–Crippen LogP) is 3.12. The number of guanidine groups is 1. The van der Waals surface area contributed by atoms with Gasteiger partial charge < -0.3 is 21.3 Å². The van der Waals surface area contributed by atoms with Gasteiger partial charge in [0.05, 0.1) is 11.8 Å². The zero-order valence-corrected chi connectivity index (χ0v) is 16.2. The van der Waals surface area contributed by atoms with Gasteiger partial charge in [0.2, 0.25) is 5.96 Å². The maximum atomic E-state index is 12.0. The molecule has 0 unspecified atom stereocenters. The average molecular weight is 382 g/mol. The highest BCUT2D eigenvalue weighted by molar-refractivity contribution is 5.98. The van der Waals surface area contributed by atoms with Gasteiger partial charge in [0, 0.05) is 12.0 Å². The van der Waals surface area contributed by atoms with Crippen LogP contribution in [0.1, 0.15) is 53.7 Å². The number of rotatable bonds is 9. The summed E-state index contributed by atoms with van der Waals surface area (Å²) in [6, 6.07) is 10.8. The summed E-state index contributed by atoms with van der Waals surface area (Å²) >= 11 is 0. The number of hydrogen-bond donors (Lipinski definition) is 3. The predicted molar refractivity (Wildman–Crippen MR) is 111 cm³/mol. The first-order valence-corrected chi connectivity index (χ1v) is 9.18. The van der Waals surface area contributed by atoms with Crippen molar-refractivity contribution in [3.8, 4) is 11.5 Å². The van der Waals surface area contributed by atoms with Crippen molar-refractivity contribution >= 4 is 18.0 Å². The molecule has 7 nitrogen and oxygen atoms in total. The number of nitrogens with two attached hydrogens (primary N) is 2. The number of phenols is 1. The van der Waals surface area contributed by atoms with Crippen LogP contribution in [0.3, 0.4) is 0 Å². The van der Waals surface area contributed by atoms with Gasteiger partial charge in [-0.2, -0.15) is 5.10 Å². The van der Waals surface area contributed by atoms with E-state index in [9.17, 15) is 9.90 Å². The van der Waals surface area contributed by atoms with Crippen molar-refractivity contribution in [2.75, 3.05) is 0 Å². The van der Waals surface area contributed by atoms with Crippen molar-refractivity contribution in [3.05, 3.63) is 58.7 Å². The van der Waals surface area contributed by atoms with E-state index in [1.54, 1.807) is 13.0 Å². The third kappa shape index (κ3) is 5.57. The first-order chi connectivity index (χ1) is 13.5. The first kappa shape index (κ1) is 21.0. The number of aromatic hydroxyl groups is 1. The molecule has 0 fully saturated rings. The minimum atomic E-state index is -0.103. The average Bonchev–Trinajstić information content (AvgIpc) is 2.68. The molecule has 0 spiro atoms. The van der Waals surface area contributed by atoms with Gasteiger partial charge in [-0.15, -0.1) is 5.10 Å². The lowest BCUT2D eigenvalue weighted by atomic mass is 9.96. The Hall–Kier alpha value is -3.35. The van der Waals surface area contributed by atoms with Gasteiger partial charge in [-0.05, 0) is 47.9 Å². The molecule has 0 saturated carbocycles. The van der Waals surface area contributed by atoms with Crippen LogP contribution in [-0.4, -0.2) is 23.1 Å². The van der Waals surface area contributed by atoms with Gasteiger partial charge in [-0.25, -0.2) is 0 Å². The maximum absolute atomic E-state index is 12.0. The summed E-state index contributed by atoms with van der Waals surface area (Å²) in [7, 11) is 0. The summed E-state index contributed by atoms with van der Waals surface area (Å²) < 4.78 is 5.85. The number of carbonyl (C=O) groups is 1. The van der Waals surface area contributed by atoms with Gasteiger partial charge in [0.1, 0.15) is 18.1 Å². The number of phenolic OH excluding ortho intramolecular Hbond substituents is 1. The van der Waals surface area contributed by atoms with Crippen LogP contribution < -0.4 is 16.2 Å². The van der Waals surface area contributed by atoms with Gasteiger partial charge in [0.25, 0.3) is 0 Å². The van der Waals surface area contributed by atoms with Crippen molar-refractivity contribution in [3.63, 3.8) is 0 Å². The molecule has 0 aromatic heterocycles. The van der Waals surface area contributed by atoms with Crippen LogP contribution in [0.2, 0.25) is 0 Å². The van der Waals surface area contributed by atoms with Gasteiger partial charge in [-0.3, -0.25) is 4.79 Å². The number of benzene rings is 2. The number of nitrogens with zero attached hydrogens (tertiary/aromatic N) is 2. The van der Waals surface area contributed by atoms with E-state index in [1.807, 2.05) is 37.3 Å². The Balaban J connectivity index is 2.13. The minimum absolute atomic E-state index is 0.0692. The number of hydrogen-bond acceptors (Lipinski definition) is 5. The van der Waals surface area contributed by atoms with Crippen LogP contribution in [0.25, 0.3) is 0 Å². The van der Waals surface area contributed by atoms with E-state index < -0.39 is 0 Å². The van der Waals surface area contributed by atoms with Crippen LogP contribution in [0.4, 0.5) is 0 Å². The number of ether oxygens (including phenoxy) is 1. The van der Waals surface area contributed by atoms with E-state index in [0.717, 1.165) is 23.1 Å². The highest BCUT2D eigenvalue weighted by Gasteiger charge is 2.16. The summed E-state index contributed by atoms with van der Waals surface area (Å²) in [4.78, 5) is 12.0. The molecule has 2 rings (SSSR count). The largest absolute Gasteiger partial charge is 0.507 e. The normalized spacial score (nSPS) is 10.8. The Morgan fingerprint density at radius 2 is 1.86 bits per heavy atom. The molecule has 0 radical (unpaired) electrons. The topological polar surface area (TPSA) is 123 Å². The van der Waals surface area contributed by atoms with E-state index in [0.29, 0.717) is 30.8 Å². The van der Waals surface area contributed by atoms with Crippen molar-refractivity contribution in [2.45, 2.75) is 39.7 Å². The van der Waals surface area contributed by atoms with Crippen LogP contribution in [-0.2, 0) is 13.0 Å². The smallest absolute Gasteiger partial charge is 0.211 e. The number of Topliss-reactive ketones (excluding diaryl/α,β-unsaturated/α-hetero) is 1. The van der Waals surface area contributed by atoms with Crippen molar-refractivity contribution in [1.82, 2.24) is 0 Å². The van der Waals surface area contributed by atoms with E-state index >= 15 is 0 Å². The van der Waals surface area contributed by atoms with Gasteiger partial charge in [0.15, 0.2) is 5.78 Å². The molecule has 0 bridgehead atoms. The standard InChI is InChI=1S/C21H26N4O3/c1-3-5-17-15(8-11-18(20(17)27)19(26)4-2)13-28-16-9-6-14(7-10-16)12-24-25-21(22)23/h6-12,27H,3-5,13H2,1-2H3,(H4,22,23,25)/b24-12-. The second-order valence-electron chi connectivity index (χ2n) is 6.25. The molecule has 0 amide bonds. The van der Waals surface area contributed by atoms with Crippen LogP contribution >= 0.6 is 0 Å². The molecule has 0 saturated heterocycles. The maximum Gasteiger partial charge on any atom is 0.211 e. The van der Waals surface area contributed by atoms with E-state index in [1.165, 1.54) is 6.21 Å². The highest BCUT2D eigenvalue weighted by Crippen LogP contribution is 2.29. The monoisotopic (exact) mass is 382 g/mol. The fraction of sp³-hybridized carbons (Fsp3) is 0.286. The van der Waals surface area contributed by atoms with Gasteiger partial charge >= 0.3 is 0 Å². The molecule has 0 atom stereocenters. The molecule has 148 valence electrons. The molecule has 0 aliphatic heterocycles. The third-order valence-electron chi connectivity index (χ3n) is 4.16. The molecule has 28 heavy (non-hydrogen) atoms. The van der Waals surface area contributed by atoms with E-state index in [2.05, 4.69) is 10.2 Å². The van der Waals surface area contributed by atoms with Crippen molar-refractivity contribution in [1.29, 1.82) is 0 Å². The summed E-state index contributed by atoms with van der Waals surface area (Å²) in [6.45, 7) is 4.11. The van der Waals surface area contributed by atoms with E-state index in [-0.39, 0.29) is 17.5 Å². The lowest BCUT2D eigenvalue weighted by Gasteiger charge is -2.15. The highest BCUT2D eigenvalue weighted by atomic mass is 16.5. The quantitative estimate of drug-likeness (QED) is 0.266. The molecule has 0 heterocycles. The Morgan fingerprint density at radius 3 is 2.46 bits per heavy atom. The Kier molecular flexibility index (Phi) is 7.56. The molecule has 0 aliphatic carbocycles. The fourth-order valence-electron chi connectivity index (χ4n) is 2.73. The summed E-state index contributed by atoms with van der Waals surface area (Å²) in [5.41, 5.74) is 13.3. The summed E-state index contributed by atoms with van der Waals surface area (Å²) in [6.07, 6.45) is 3.42. The minimum Gasteiger partial charge on any atom is -0.507 e. The fourth-order valence-corrected chi connectivity index (χ4v) is 2.73. The Labute approximate surface area is 164 Å².